The lowest BCUT2D eigenvalue weighted by molar-refractivity contribution is -0.106. The maximum absolute atomic E-state index is 12.8. The maximum atomic E-state index is 12.8. The number of likely N-dealkylation sites (tertiary alicyclic amines) is 1. The number of fused-ring (bicyclic) bond motifs is 1. The van der Waals surface area contributed by atoms with Crippen molar-refractivity contribution in [3.05, 3.63) is 64.9 Å². The van der Waals surface area contributed by atoms with E-state index in [0.29, 0.717) is 0 Å². The van der Waals surface area contributed by atoms with Gasteiger partial charge in [0, 0.05) is 63.2 Å². The lowest BCUT2D eigenvalue weighted by Gasteiger charge is -2.38. The van der Waals surface area contributed by atoms with Crippen LogP contribution in [0.1, 0.15) is 25.3 Å². The minimum absolute atomic E-state index is 0.0446. The quantitative estimate of drug-likeness (QED) is 0.482. The van der Waals surface area contributed by atoms with Crippen LogP contribution >= 0.6 is 0 Å². The Kier molecular flexibility index (Phi) is 8.96. The third-order valence-electron chi connectivity index (χ3n) is 7.68. The van der Waals surface area contributed by atoms with Crippen LogP contribution in [0.3, 0.4) is 0 Å². The molecule has 4 heterocycles. The largest absolute Gasteiger partial charge is 0.372 e. The van der Waals surface area contributed by atoms with E-state index < -0.39 is 0 Å². The van der Waals surface area contributed by atoms with E-state index in [0.717, 1.165) is 68.4 Å². The molecule has 5 N–H and O–H groups in total. The SMILES string of the molecule is C=C(C(C)N)N1CCN(c2ccn(-c3ccc(CN4CC[C@H]5NCC[C@H]5C4)cc3)c(=O)n2)CC1.NC=O. The van der Waals surface area contributed by atoms with Gasteiger partial charge in [0.15, 0.2) is 0 Å². The van der Waals surface area contributed by atoms with Crippen molar-refractivity contribution in [3.63, 3.8) is 0 Å². The number of nitrogens with zero attached hydrogens (tertiary/aromatic N) is 5. The number of piperazine rings is 1. The summed E-state index contributed by atoms with van der Waals surface area (Å²) >= 11 is 0. The van der Waals surface area contributed by atoms with Gasteiger partial charge in [0.2, 0.25) is 6.41 Å². The topological polar surface area (TPSA) is 126 Å². The van der Waals surface area contributed by atoms with E-state index in [9.17, 15) is 4.79 Å². The highest BCUT2D eigenvalue weighted by atomic mass is 16.1. The van der Waals surface area contributed by atoms with Crippen LogP contribution in [0.15, 0.2) is 53.6 Å². The fourth-order valence-electron chi connectivity index (χ4n) is 5.56. The van der Waals surface area contributed by atoms with Crippen LogP contribution in [0.4, 0.5) is 5.82 Å². The summed E-state index contributed by atoms with van der Waals surface area (Å²) in [5.41, 5.74) is 13.0. The number of carbonyl (C=O) groups is 1. The van der Waals surface area contributed by atoms with E-state index in [1.54, 1.807) is 4.57 Å². The average molecular weight is 509 g/mol. The van der Waals surface area contributed by atoms with Gasteiger partial charge in [0.05, 0.1) is 5.69 Å². The van der Waals surface area contributed by atoms with E-state index in [1.807, 2.05) is 31.3 Å². The molecule has 1 aromatic heterocycles. The molecule has 3 fully saturated rings. The number of primary amides is 1. The molecule has 1 amide bonds. The predicted octanol–water partition coefficient (Wildman–Crippen LogP) is 0.501. The Bertz CT molecular complexity index is 1110. The Hall–Kier alpha value is -3.21. The first-order chi connectivity index (χ1) is 17.9. The number of amides is 1. The number of aromatic nitrogens is 2. The van der Waals surface area contributed by atoms with Crippen LogP contribution in [0, 0.1) is 5.92 Å². The van der Waals surface area contributed by atoms with Crippen molar-refractivity contribution in [1.82, 2.24) is 24.7 Å². The summed E-state index contributed by atoms with van der Waals surface area (Å²) in [6.45, 7) is 13.8. The monoisotopic (exact) mass is 508 g/mol. The predicted molar refractivity (Wildman–Crippen MR) is 146 cm³/mol. The van der Waals surface area contributed by atoms with Gasteiger partial charge in [0.25, 0.3) is 0 Å². The summed E-state index contributed by atoms with van der Waals surface area (Å²) in [5, 5.41) is 3.63. The second kappa shape index (κ2) is 12.4. The number of nitrogens with one attached hydrogen (secondary N) is 1. The molecule has 200 valence electrons. The van der Waals surface area contributed by atoms with Crippen molar-refractivity contribution in [2.45, 2.75) is 38.4 Å². The lowest BCUT2D eigenvalue weighted by atomic mass is 9.93. The molecular formula is C27H40N8O2. The standard InChI is InChI=1S/C26H37N7O.CH3NO/c1-19(27)20(2)31-13-15-32(16-14-31)25-9-12-33(26(34)29-25)23-5-3-21(4-6-23)17-30-11-8-24-22(18-30)7-10-28-24;2-1-3/h3-6,9,12,19,22,24,28H,2,7-8,10-11,13-18,27H2,1H3;1H,(H2,2,3)/t19?,22-,24+;/m0./s1. The van der Waals surface area contributed by atoms with Crippen LogP contribution in [-0.2, 0) is 11.3 Å². The van der Waals surface area contributed by atoms with Crippen molar-refractivity contribution in [3.8, 4) is 5.69 Å². The summed E-state index contributed by atoms with van der Waals surface area (Å²) in [6, 6.07) is 10.9. The molecule has 3 aliphatic heterocycles. The minimum Gasteiger partial charge on any atom is -0.372 e. The highest BCUT2D eigenvalue weighted by molar-refractivity contribution is 5.42. The molecule has 0 aliphatic carbocycles. The molecule has 2 aromatic rings. The van der Waals surface area contributed by atoms with Gasteiger partial charge in [0.1, 0.15) is 5.82 Å². The summed E-state index contributed by atoms with van der Waals surface area (Å²) in [5.74, 6) is 1.52. The van der Waals surface area contributed by atoms with E-state index in [4.69, 9.17) is 10.5 Å². The molecule has 0 spiro atoms. The first-order valence-electron chi connectivity index (χ1n) is 13.1. The van der Waals surface area contributed by atoms with Gasteiger partial charge < -0.3 is 26.6 Å². The molecule has 3 aliphatic rings. The summed E-state index contributed by atoms with van der Waals surface area (Å²) in [6.07, 6.45) is 4.63. The van der Waals surface area contributed by atoms with Gasteiger partial charge in [-0.15, -0.1) is 0 Å². The molecule has 1 aromatic carbocycles. The zero-order chi connectivity index (χ0) is 26.4. The molecule has 3 saturated heterocycles. The average Bonchev–Trinajstić information content (AvgIpc) is 3.37. The lowest BCUT2D eigenvalue weighted by Crippen LogP contribution is -2.48. The van der Waals surface area contributed by atoms with Crippen molar-refractivity contribution in [2.75, 3.05) is 50.7 Å². The first kappa shape index (κ1) is 26.8. The maximum Gasteiger partial charge on any atom is 0.354 e. The van der Waals surface area contributed by atoms with Crippen LogP contribution in [0.2, 0.25) is 0 Å². The van der Waals surface area contributed by atoms with E-state index >= 15 is 0 Å². The van der Waals surface area contributed by atoms with Gasteiger partial charge in [-0.3, -0.25) is 14.3 Å². The van der Waals surface area contributed by atoms with Gasteiger partial charge >= 0.3 is 5.69 Å². The minimum atomic E-state index is -0.247. The van der Waals surface area contributed by atoms with Crippen LogP contribution in [-0.4, -0.2) is 83.7 Å². The Morgan fingerprint density at radius 2 is 1.86 bits per heavy atom. The number of hydrogen-bond acceptors (Lipinski definition) is 8. The second-order valence-electron chi connectivity index (χ2n) is 10.1. The van der Waals surface area contributed by atoms with Gasteiger partial charge in [-0.05, 0) is 62.5 Å². The molecule has 10 nitrogen and oxygen atoms in total. The van der Waals surface area contributed by atoms with E-state index in [1.165, 1.54) is 31.5 Å². The Morgan fingerprint density at radius 1 is 1.16 bits per heavy atom. The molecule has 0 bridgehead atoms. The Balaban J connectivity index is 0.00000102. The number of carbonyl (C=O) groups excluding carboxylic acids is 1. The molecule has 10 heteroatoms. The Morgan fingerprint density at radius 3 is 2.51 bits per heavy atom. The first-order valence-corrected chi connectivity index (χ1v) is 13.1. The zero-order valence-electron chi connectivity index (χ0n) is 21.8. The molecule has 0 saturated carbocycles. The normalized spacial score (nSPS) is 22.5. The molecule has 1 unspecified atom stereocenters. The number of anilines is 1. The van der Waals surface area contributed by atoms with Crippen LogP contribution in [0.25, 0.3) is 5.69 Å². The van der Waals surface area contributed by atoms with Gasteiger partial charge in [-0.25, -0.2) is 4.79 Å². The summed E-state index contributed by atoms with van der Waals surface area (Å²) < 4.78 is 1.62. The molecule has 0 radical (unpaired) electrons. The highest BCUT2D eigenvalue weighted by Crippen LogP contribution is 2.25. The van der Waals surface area contributed by atoms with E-state index in [2.05, 4.69) is 49.4 Å². The number of piperidine rings is 1. The Labute approximate surface area is 218 Å². The summed E-state index contributed by atoms with van der Waals surface area (Å²) in [4.78, 5) is 32.7. The molecular weight excluding hydrogens is 468 g/mol. The van der Waals surface area contributed by atoms with Crippen LogP contribution < -0.4 is 27.4 Å². The fourth-order valence-corrected chi connectivity index (χ4v) is 5.56. The highest BCUT2D eigenvalue weighted by Gasteiger charge is 2.32. The third-order valence-corrected chi connectivity index (χ3v) is 7.68. The number of benzene rings is 1. The fraction of sp³-hybridized carbons (Fsp3) is 0.519. The molecule has 3 atom stereocenters. The van der Waals surface area contributed by atoms with Gasteiger partial charge in [-0.2, -0.15) is 4.98 Å². The molecule has 37 heavy (non-hydrogen) atoms. The van der Waals surface area contributed by atoms with Crippen molar-refractivity contribution in [1.29, 1.82) is 0 Å². The number of rotatable bonds is 6. The zero-order valence-corrected chi connectivity index (χ0v) is 21.8. The second-order valence-corrected chi connectivity index (χ2v) is 10.1. The smallest absolute Gasteiger partial charge is 0.354 e. The van der Waals surface area contributed by atoms with Crippen LogP contribution in [0.5, 0.6) is 0 Å². The molecule has 5 rings (SSSR count). The van der Waals surface area contributed by atoms with Crippen molar-refractivity contribution >= 4 is 12.2 Å². The number of hydrogen-bond donors (Lipinski definition) is 3. The van der Waals surface area contributed by atoms with E-state index in [-0.39, 0.29) is 18.1 Å². The van der Waals surface area contributed by atoms with Crippen molar-refractivity contribution in [2.24, 2.45) is 17.4 Å². The van der Waals surface area contributed by atoms with Crippen molar-refractivity contribution < 1.29 is 4.79 Å². The van der Waals surface area contributed by atoms with Gasteiger partial charge in [-0.1, -0.05) is 18.7 Å². The summed E-state index contributed by atoms with van der Waals surface area (Å²) in [7, 11) is 0. The third kappa shape index (κ3) is 6.57. The number of nitrogens with two attached hydrogens (primary N) is 2.